The predicted octanol–water partition coefficient (Wildman–Crippen LogP) is 2.70. The molecule has 3 heterocycles. The van der Waals surface area contributed by atoms with Gasteiger partial charge in [-0.15, -0.1) is 0 Å². The van der Waals surface area contributed by atoms with Gasteiger partial charge in [-0.3, -0.25) is 4.90 Å². The highest BCUT2D eigenvalue weighted by Crippen LogP contribution is 2.36. The molecular formula is C15H22ClN3. The lowest BCUT2D eigenvalue weighted by Crippen LogP contribution is -2.50. The molecule has 0 saturated carbocycles. The Balaban J connectivity index is 1.65. The first kappa shape index (κ1) is 13.3. The number of nitrogens with one attached hydrogen (secondary N) is 1. The van der Waals surface area contributed by atoms with Crippen molar-refractivity contribution >= 4 is 11.6 Å². The fourth-order valence-corrected chi connectivity index (χ4v) is 3.82. The average Bonchev–Trinajstić information content (AvgIpc) is 2.40. The monoisotopic (exact) mass is 279 g/mol. The number of halogens is 1. The molecule has 3 nitrogen and oxygen atoms in total. The van der Waals surface area contributed by atoms with Gasteiger partial charge >= 0.3 is 0 Å². The first-order valence-corrected chi connectivity index (χ1v) is 7.67. The zero-order valence-electron chi connectivity index (χ0n) is 11.4. The van der Waals surface area contributed by atoms with E-state index in [1.165, 1.54) is 57.4 Å². The molecule has 3 rings (SSSR count). The number of likely N-dealkylation sites (tertiary alicyclic amines) is 1. The molecule has 0 aromatic carbocycles. The second kappa shape index (κ2) is 5.78. The van der Waals surface area contributed by atoms with E-state index in [1.54, 1.807) is 6.20 Å². The van der Waals surface area contributed by atoms with Gasteiger partial charge in [0.05, 0.1) is 0 Å². The summed E-state index contributed by atoms with van der Waals surface area (Å²) in [5.74, 6) is 0. The van der Waals surface area contributed by atoms with Gasteiger partial charge in [0, 0.05) is 25.8 Å². The number of piperidine rings is 2. The van der Waals surface area contributed by atoms with Gasteiger partial charge in [-0.05, 0) is 61.9 Å². The van der Waals surface area contributed by atoms with Gasteiger partial charge in [0.15, 0.2) is 0 Å². The van der Waals surface area contributed by atoms with E-state index in [0.29, 0.717) is 10.6 Å². The molecular weight excluding hydrogens is 258 g/mol. The zero-order chi connectivity index (χ0) is 13.1. The number of rotatable bonds is 2. The van der Waals surface area contributed by atoms with Gasteiger partial charge in [-0.1, -0.05) is 11.6 Å². The normalized spacial score (nSPS) is 28.7. The summed E-state index contributed by atoms with van der Waals surface area (Å²) in [6.07, 6.45) is 7.22. The van der Waals surface area contributed by atoms with E-state index < -0.39 is 0 Å². The van der Waals surface area contributed by atoms with E-state index in [1.807, 2.05) is 6.07 Å². The fourth-order valence-electron chi connectivity index (χ4n) is 3.62. The third kappa shape index (κ3) is 3.28. The number of nitrogens with zero attached hydrogens (tertiary/aromatic N) is 2. The first-order chi connectivity index (χ1) is 9.26. The van der Waals surface area contributed by atoms with Crippen LogP contribution >= 0.6 is 11.6 Å². The van der Waals surface area contributed by atoms with Crippen molar-refractivity contribution in [2.45, 2.75) is 32.2 Å². The summed E-state index contributed by atoms with van der Waals surface area (Å²) in [5, 5.41) is 4.18. The highest BCUT2D eigenvalue weighted by Gasteiger charge is 2.36. The van der Waals surface area contributed by atoms with Gasteiger partial charge < -0.3 is 5.32 Å². The quantitative estimate of drug-likeness (QED) is 0.844. The molecule has 4 heteroatoms. The first-order valence-electron chi connectivity index (χ1n) is 7.29. The lowest BCUT2D eigenvalue weighted by molar-refractivity contribution is 0.0600. The van der Waals surface area contributed by atoms with Crippen LogP contribution in [0.15, 0.2) is 18.3 Å². The molecule has 0 aliphatic carbocycles. The third-order valence-electron chi connectivity index (χ3n) is 4.50. The topological polar surface area (TPSA) is 28.2 Å². The Hall–Kier alpha value is -0.640. The molecule has 2 aliphatic rings. The zero-order valence-corrected chi connectivity index (χ0v) is 12.1. The fraction of sp³-hybridized carbons (Fsp3) is 0.667. The van der Waals surface area contributed by atoms with Crippen molar-refractivity contribution in [2.75, 3.05) is 26.2 Å². The van der Waals surface area contributed by atoms with Crippen molar-refractivity contribution in [2.24, 2.45) is 5.41 Å². The molecule has 1 spiro atoms. The standard InChI is InChI=1S/C15H22ClN3/c16-14-9-13(3-7-18-14)10-19-8-2-5-15(12-19)4-1-6-17-11-15/h3,7,9,17H,1-2,4-6,8,10-12H2. The highest BCUT2D eigenvalue weighted by molar-refractivity contribution is 6.29. The Morgan fingerprint density at radius 1 is 1.37 bits per heavy atom. The summed E-state index contributed by atoms with van der Waals surface area (Å²) in [4.78, 5) is 6.64. The van der Waals surface area contributed by atoms with Crippen molar-refractivity contribution in [3.05, 3.63) is 29.0 Å². The smallest absolute Gasteiger partial charge is 0.129 e. The van der Waals surface area contributed by atoms with Gasteiger partial charge in [0.25, 0.3) is 0 Å². The second-order valence-electron chi connectivity index (χ2n) is 6.08. The van der Waals surface area contributed by atoms with E-state index >= 15 is 0 Å². The van der Waals surface area contributed by atoms with Crippen LogP contribution in [0.4, 0.5) is 0 Å². The Morgan fingerprint density at radius 3 is 3.05 bits per heavy atom. The SMILES string of the molecule is Clc1cc(CN2CCCC3(CCCNC3)C2)ccn1. The van der Waals surface area contributed by atoms with Crippen LogP contribution in [-0.2, 0) is 6.54 Å². The summed E-state index contributed by atoms with van der Waals surface area (Å²) in [6.45, 7) is 5.83. The summed E-state index contributed by atoms with van der Waals surface area (Å²) < 4.78 is 0. The number of hydrogen-bond donors (Lipinski definition) is 1. The maximum Gasteiger partial charge on any atom is 0.129 e. The molecule has 1 atom stereocenters. The highest BCUT2D eigenvalue weighted by atomic mass is 35.5. The molecule has 1 aromatic rings. The molecule has 1 N–H and O–H groups in total. The molecule has 2 saturated heterocycles. The van der Waals surface area contributed by atoms with E-state index in [9.17, 15) is 0 Å². The largest absolute Gasteiger partial charge is 0.316 e. The number of aromatic nitrogens is 1. The Labute approximate surface area is 120 Å². The maximum atomic E-state index is 5.97. The van der Waals surface area contributed by atoms with Crippen molar-refractivity contribution < 1.29 is 0 Å². The van der Waals surface area contributed by atoms with Crippen LogP contribution in [0.1, 0.15) is 31.2 Å². The van der Waals surface area contributed by atoms with Crippen molar-refractivity contribution in [3.8, 4) is 0 Å². The second-order valence-corrected chi connectivity index (χ2v) is 6.47. The Bertz CT molecular complexity index is 424. The average molecular weight is 280 g/mol. The van der Waals surface area contributed by atoms with Crippen LogP contribution < -0.4 is 5.32 Å². The Morgan fingerprint density at radius 2 is 2.26 bits per heavy atom. The Kier molecular flexibility index (Phi) is 4.06. The molecule has 0 amide bonds. The van der Waals surface area contributed by atoms with Crippen molar-refractivity contribution in [1.29, 1.82) is 0 Å². The summed E-state index contributed by atoms with van der Waals surface area (Å²) in [5.41, 5.74) is 1.80. The molecule has 2 fully saturated rings. The van der Waals surface area contributed by atoms with Crippen molar-refractivity contribution in [1.82, 2.24) is 15.2 Å². The summed E-state index contributed by atoms with van der Waals surface area (Å²) >= 11 is 5.97. The van der Waals surface area contributed by atoms with Crippen LogP contribution in [0.25, 0.3) is 0 Å². The van der Waals surface area contributed by atoms with E-state index in [-0.39, 0.29) is 0 Å². The molecule has 0 bridgehead atoms. The minimum atomic E-state index is 0.521. The minimum Gasteiger partial charge on any atom is -0.316 e. The summed E-state index contributed by atoms with van der Waals surface area (Å²) in [6, 6.07) is 4.06. The predicted molar refractivity (Wildman–Crippen MR) is 78.3 cm³/mol. The van der Waals surface area contributed by atoms with Gasteiger partial charge in [-0.25, -0.2) is 4.98 Å². The lowest BCUT2D eigenvalue weighted by atomic mass is 9.74. The van der Waals surface area contributed by atoms with Crippen LogP contribution in [0.3, 0.4) is 0 Å². The van der Waals surface area contributed by atoms with Crippen LogP contribution in [0, 0.1) is 5.41 Å². The molecule has 19 heavy (non-hydrogen) atoms. The van der Waals surface area contributed by atoms with Gasteiger partial charge in [0.2, 0.25) is 0 Å². The van der Waals surface area contributed by atoms with Gasteiger partial charge in [-0.2, -0.15) is 0 Å². The van der Waals surface area contributed by atoms with Gasteiger partial charge in [0.1, 0.15) is 5.15 Å². The summed E-state index contributed by atoms with van der Waals surface area (Å²) in [7, 11) is 0. The molecule has 0 radical (unpaired) electrons. The molecule has 104 valence electrons. The van der Waals surface area contributed by atoms with Crippen LogP contribution in [0.5, 0.6) is 0 Å². The van der Waals surface area contributed by atoms with Crippen molar-refractivity contribution in [3.63, 3.8) is 0 Å². The molecule has 2 aliphatic heterocycles. The van der Waals surface area contributed by atoms with E-state index in [2.05, 4.69) is 21.3 Å². The van der Waals surface area contributed by atoms with E-state index in [0.717, 1.165) is 6.54 Å². The van der Waals surface area contributed by atoms with Crippen LogP contribution in [-0.4, -0.2) is 36.1 Å². The number of pyridine rings is 1. The maximum absolute atomic E-state index is 5.97. The number of hydrogen-bond acceptors (Lipinski definition) is 3. The molecule has 1 unspecified atom stereocenters. The lowest BCUT2D eigenvalue weighted by Gasteiger charge is -2.45. The van der Waals surface area contributed by atoms with Crippen LogP contribution in [0.2, 0.25) is 5.15 Å². The third-order valence-corrected chi connectivity index (χ3v) is 4.70. The van der Waals surface area contributed by atoms with E-state index in [4.69, 9.17) is 11.6 Å². The molecule has 1 aromatic heterocycles. The minimum absolute atomic E-state index is 0.521.